The molecule has 2 aromatic heterocycles. The standard InChI is InChI=1S/C19H15FN4O/c1-25-23-19(13-24-11-10-21-14-24)18-9-6-16(12-22-18)3-2-15-4-7-17(20)8-5-15/h4-12,14H,13H2,1H3. The number of rotatable bonds is 4. The Labute approximate surface area is 144 Å². The van der Waals surface area contributed by atoms with E-state index in [1.165, 1.54) is 19.2 Å². The lowest BCUT2D eigenvalue weighted by molar-refractivity contribution is 0.212. The Balaban J connectivity index is 1.76. The van der Waals surface area contributed by atoms with E-state index < -0.39 is 0 Å². The summed E-state index contributed by atoms with van der Waals surface area (Å²) in [6.07, 6.45) is 6.92. The van der Waals surface area contributed by atoms with E-state index in [1.807, 2.05) is 22.9 Å². The van der Waals surface area contributed by atoms with Crippen molar-refractivity contribution in [3.8, 4) is 11.8 Å². The summed E-state index contributed by atoms with van der Waals surface area (Å²) in [5.74, 6) is 5.70. The molecule has 124 valence electrons. The first kappa shape index (κ1) is 16.4. The maximum atomic E-state index is 12.9. The Bertz CT molecular complexity index is 905. The van der Waals surface area contributed by atoms with Gasteiger partial charge < -0.3 is 9.40 Å². The Hall–Kier alpha value is -3.46. The first-order valence-electron chi connectivity index (χ1n) is 7.54. The summed E-state index contributed by atoms with van der Waals surface area (Å²) < 4.78 is 14.8. The van der Waals surface area contributed by atoms with Gasteiger partial charge in [-0.2, -0.15) is 0 Å². The molecule has 0 aliphatic heterocycles. The van der Waals surface area contributed by atoms with Crippen molar-refractivity contribution >= 4 is 5.71 Å². The summed E-state index contributed by atoms with van der Waals surface area (Å²) >= 11 is 0. The molecule has 0 N–H and O–H groups in total. The van der Waals surface area contributed by atoms with Crippen LogP contribution in [0.4, 0.5) is 4.39 Å². The fraction of sp³-hybridized carbons (Fsp3) is 0.105. The first-order valence-corrected chi connectivity index (χ1v) is 7.54. The monoisotopic (exact) mass is 334 g/mol. The van der Waals surface area contributed by atoms with Crippen LogP contribution in [0.15, 0.2) is 66.5 Å². The number of hydrogen-bond acceptors (Lipinski definition) is 4. The molecule has 3 rings (SSSR count). The molecule has 0 unspecified atom stereocenters. The Kier molecular flexibility index (Phi) is 5.17. The second-order valence-corrected chi connectivity index (χ2v) is 5.14. The molecule has 0 saturated heterocycles. The van der Waals surface area contributed by atoms with Gasteiger partial charge in [0.2, 0.25) is 0 Å². The van der Waals surface area contributed by atoms with Gasteiger partial charge >= 0.3 is 0 Å². The molecule has 0 aliphatic carbocycles. The topological polar surface area (TPSA) is 52.3 Å². The van der Waals surface area contributed by atoms with Gasteiger partial charge in [-0.05, 0) is 36.4 Å². The molecule has 2 heterocycles. The van der Waals surface area contributed by atoms with Crippen LogP contribution in [0, 0.1) is 17.7 Å². The minimum absolute atomic E-state index is 0.278. The van der Waals surface area contributed by atoms with Gasteiger partial charge in [0, 0.05) is 29.7 Å². The van der Waals surface area contributed by atoms with Crippen LogP contribution in [0.25, 0.3) is 0 Å². The van der Waals surface area contributed by atoms with Crippen molar-refractivity contribution in [2.45, 2.75) is 6.54 Å². The lowest BCUT2D eigenvalue weighted by atomic mass is 10.2. The van der Waals surface area contributed by atoms with Crippen LogP contribution in [0.3, 0.4) is 0 Å². The van der Waals surface area contributed by atoms with Gasteiger partial charge in [0.05, 0.1) is 18.6 Å². The number of halogens is 1. The summed E-state index contributed by atoms with van der Waals surface area (Å²) in [4.78, 5) is 13.3. The average Bonchev–Trinajstić information content (AvgIpc) is 3.15. The molecule has 0 fully saturated rings. The van der Waals surface area contributed by atoms with Crippen molar-refractivity contribution in [3.63, 3.8) is 0 Å². The number of hydrogen-bond donors (Lipinski definition) is 0. The van der Waals surface area contributed by atoms with Crippen LogP contribution in [-0.4, -0.2) is 27.4 Å². The van der Waals surface area contributed by atoms with E-state index in [4.69, 9.17) is 4.84 Å². The van der Waals surface area contributed by atoms with E-state index in [-0.39, 0.29) is 5.82 Å². The van der Waals surface area contributed by atoms with Crippen LogP contribution in [0.2, 0.25) is 0 Å². The van der Waals surface area contributed by atoms with E-state index >= 15 is 0 Å². The Morgan fingerprint density at radius 2 is 1.92 bits per heavy atom. The largest absolute Gasteiger partial charge is 0.399 e. The summed E-state index contributed by atoms with van der Waals surface area (Å²) in [6.45, 7) is 0.501. The van der Waals surface area contributed by atoms with Crippen molar-refractivity contribution < 1.29 is 9.23 Å². The molecule has 0 spiro atoms. The number of benzene rings is 1. The fourth-order valence-corrected chi connectivity index (χ4v) is 2.14. The van der Waals surface area contributed by atoms with Crippen molar-refractivity contribution in [3.05, 3.63) is 84.0 Å². The zero-order chi connectivity index (χ0) is 17.5. The molecule has 1 aromatic carbocycles. The third-order valence-corrected chi connectivity index (χ3v) is 3.35. The highest BCUT2D eigenvalue weighted by Crippen LogP contribution is 2.05. The van der Waals surface area contributed by atoms with Gasteiger partial charge in [0.25, 0.3) is 0 Å². The zero-order valence-corrected chi connectivity index (χ0v) is 13.6. The second kappa shape index (κ2) is 7.88. The third kappa shape index (κ3) is 4.52. The molecule has 3 aromatic rings. The van der Waals surface area contributed by atoms with E-state index in [9.17, 15) is 4.39 Å². The SMILES string of the molecule is CON=C(Cn1ccnc1)c1ccc(C#Cc2ccc(F)cc2)cn1. The van der Waals surface area contributed by atoms with Gasteiger partial charge in [-0.1, -0.05) is 17.0 Å². The highest BCUT2D eigenvalue weighted by atomic mass is 19.1. The van der Waals surface area contributed by atoms with Gasteiger partial charge in [0.15, 0.2) is 0 Å². The molecular formula is C19H15FN4O. The zero-order valence-electron chi connectivity index (χ0n) is 13.6. The fourth-order valence-electron chi connectivity index (χ4n) is 2.14. The summed E-state index contributed by atoms with van der Waals surface area (Å²) in [5.41, 5.74) is 2.88. The normalized spacial score (nSPS) is 10.9. The van der Waals surface area contributed by atoms with Gasteiger partial charge in [-0.3, -0.25) is 4.98 Å². The summed E-state index contributed by atoms with van der Waals surface area (Å²) in [6, 6.07) is 9.74. The Morgan fingerprint density at radius 3 is 2.56 bits per heavy atom. The van der Waals surface area contributed by atoms with Gasteiger partial charge in [-0.15, -0.1) is 0 Å². The highest BCUT2D eigenvalue weighted by Gasteiger charge is 2.07. The van der Waals surface area contributed by atoms with E-state index in [0.29, 0.717) is 18.0 Å². The number of aromatic nitrogens is 3. The predicted octanol–water partition coefficient (Wildman–Crippen LogP) is 2.87. The first-order chi connectivity index (χ1) is 12.2. The second-order valence-electron chi connectivity index (χ2n) is 5.14. The molecule has 0 saturated carbocycles. The molecule has 6 heteroatoms. The predicted molar refractivity (Wildman–Crippen MR) is 92.4 cm³/mol. The maximum absolute atomic E-state index is 12.9. The highest BCUT2D eigenvalue weighted by molar-refractivity contribution is 5.98. The van der Waals surface area contributed by atoms with E-state index in [0.717, 1.165) is 11.1 Å². The van der Waals surface area contributed by atoms with Crippen LogP contribution in [0.5, 0.6) is 0 Å². The molecular weight excluding hydrogens is 319 g/mol. The molecule has 25 heavy (non-hydrogen) atoms. The molecule has 0 aliphatic rings. The van der Waals surface area contributed by atoms with Crippen molar-refractivity contribution in [1.29, 1.82) is 0 Å². The van der Waals surface area contributed by atoms with Gasteiger partial charge in [0.1, 0.15) is 18.6 Å². The van der Waals surface area contributed by atoms with E-state index in [2.05, 4.69) is 27.0 Å². The number of oxime groups is 1. The summed E-state index contributed by atoms with van der Waals surface area (Å²) in [5, 5.41) is 4.03. The number of pyridine rings is 1. The minimum Gasteiger partial charge on any atom is -0.399 e. The lowest BCUT2D eigenvalue weighted by Gasteiger charge is -2.06. The van der Waals surface area contributed by atoms with Crippen molar-refractivity contribution in [2.75, 3.05) is 7.11 Å². The number of nitrogens with zero attached hydrogens (tertiary/aromatic N) is 4. The average molecular weight is 334 g/mol. The number of imidazole rings is 1. The smallest absolute Gasteiger partial charge is 0.125 e. The van der Waals surface area contributed by atoms with Crippen LogP contribution in [0.1, 0.15) is 16.8 Å². The molecule has 0 radical (unpaired) electrons. The van der Waals surface area contributed by atoms with Crippen molar-refractivity contribution in [2.24, 2.45) is 5.16 Å². The molecule has 0 atom stereocenters. The van der Waals surface area contributed by atoms with Crippen molar-refractivity contribution in [1.82, 2.24) is 14.5 Å². The van der Waals surface area contributed by atoms with Gasteiger partial charge in [-0.25, -0.2) is 9.37 Å². The van der Waals surface area contributed by atoms with Crippen LogP contribution < -0.4 is 0 Å². The minimum atomic E-state index is -0.278. The molecule has 0 bridgehead atoms. The Morgan fingerprint density at radius 1 is 1.16 bits per heavy atom. The summed E-state index contributed by atoms with van der Waals surface area (Å²) in [7, 11) is 1.50. The van der Waals surface area contributed by atoms with E-state index in [1.54, 1.807) is 30.9 Å². The molecule has 0 amide bonds. The third-order valence-electron chi connectivity index (χ3n) is 3.35. The van der Waals surface area contributed by atoms with Crippen LogP contribution >= 0.6 is 0 Å². The van der Waals surface area contributed by atoms with Crippen LogP contribution in [-0.2, 0) is 11.4 Å². The maximum Gasteiger partial charge on any atom is 0.125 e. The molecule has 5 nitrogen and oxygen atoms in total. The lowest BCUT2D eigenvalue weighted by Crippen LogP contribution is -2.12. The quantitative estimate of drug-likeness (QED) is 0.419.